The van der Waals surface area contributed by atoms with E-state index < -0.39 is 41.8 Å². The number of hydrogen-bond acceptors (Lipinski definition) is 2. The molecule has 1 heterocycles. The molecule has 0 atom stereocenters. The van der Waals surface area contributed by atoms with Gasteiger partial charge >= 0.3 is 12.1 Å². The van der Waals surface area contributed by atoms with E-state index in [-0.39, 0.29) is 11.8 Å². The fraction of sp³-hybridized carbons (Fsp3) is 0.400. The molecule has 0 spiro atoms. The Kier molecular flexibility index (Phi) is 3.88. The van der Waals surface area contributed by atoms with Crippen molar-refractivity contribution < 1.29 is 31.9 Å². The zero-order valence-electron chi connectivity index (χ0n) is 9.05. The topological polar surface area (TPSA) is 50.2 Å². The Bertz CT molecular complexity index is 470. The van der Waals surface area contributed by atoms with Crippen LogP contribution >= 0.6 is 0 Å². The molecule has 1 aromatic rings. The molecule has 100 valence electrons. The van der Waals surface area contributed by atoms with Crippen LogP contribution in [0.3, 0.4) is 0 Å². The summed E-state index contributed by atoms with van der Waals surface area (Å²) in [4.78, 5) is 13.8. The Morgan fingerprint density at radius 1 is 1.44 bits per heavy atom. The first-order valence-corrected chi connectivity index (χ1v) is 4.70. The molecule has 18 heavy (non-hydrogen) atoms. The molecular formula is C10H8F5NO2. The molecule has 0 aliphatic heterocycles. The second-order valence-electron chi connectivity index (χ2n) is 3.53. The van der Waals surface area contributed by atoms with Gasteiger partial charge in [-0.15, -0.1) is 0 Å². The Labute approximate surface area is 98.3 Å². The summed E-state index contributed by atoms with van der Waals surface area (Å²) in [6.45, 7) is 1.07. The zero-order chi connectivity index (χ0) is 14.1. The largest absolute Gasteiger partial charge is 0.481 e. The van der Waals surface area contributed by atoms with Gasteiger partial charge in [-0.25, -0.2) is 8.78 Å². The summed E-state index contributed by atoms with van der Waals surface area (Å²) in [6.07, 6.45) is -8.97. The predicted molar refractivity (Wildman–Crippen MR) is 50.3 cm³/mol. The number of carbonyl (C=O) groups is 1. The van der Waals surface area contributed by atoms with E-state index in [0.717, 1.165) is 6.92 Å². The number of hydrogen-bond donors (Lipinski definition) is 1. The number of pyridine rings is 1. The molecular weight excluding hydrogens is 261 g/mol. The summed E-state index contributed by atoms with van der Waals surface area (Å²) in [7, 11) is 0. The highest BCUT2D eigenvalue weighted by Crippen LogP contribution is 2.35. The fourth-order valence-electron chi connectivity index (χ4n) is 1.46. The quantitative estimate of drug-likeness (QED) is 0.858. The van der Waals surface area contributed by atoms with Crippen LogP contribution in [-0.4, -0.2) is 16.1 Å². The van der Waals surface area contributed by atoms with Gasteiger partial charge in [0.1, 0.15) is 5.69 Å². The number of halogens is 5. The van der Waals surface area contributed by atoms with E-state index in [2.05, 4.69) is 4.98 Å². The van der Waals surface area contributed by atoms with Crippen molar-refractivity contribution in [2.75, 3.05) is 0 Å². The van der Waals surface area contributed by atoms with Crippen LogP contribution in [0, 0.1) is 6.92 Å². The van der Waals surface area contributed by atoms with Crippen LogP contribution in [0.1, 0.15) is 28.9 Å². The normalized spacial score (nSPS) is 11.9. The fourth-order valence-corrected chi connectivity index (χ4v) is 1.46. The number of carboxylic acids is 1. The van der Waals surface area contributed by atoms with Crippen molar-refractivity contribution >= 4 is 5.97 Å². The summed E-state index contributed by atoms with van der Waals surface area (Å²) < 4.78 is 62.7. The lowest BCUT2D eigenvalue weighted by Crippen LogP contribution is -2.16. The van der Waals surface area contributed by atoms with Gasteiger partial charge in [-0.3, -0.25) is 9.78 Å². The van der Waals surface area contributed by atoms with E-state index >= 15 is 0 Å². The highest BCUT2D eigenvalue weighted by Gasteiger charge is 2.36. The summed E-state index contributed by atoms with van der Waals surface area (Å²) in [5.41, 5.74) is -3.36. The van der Waals surface area contributed by atoms with Gasteiger partial charge in [0.2, 0.25) is 0 Å². The maximum absolute atomic E-state index is 12.7. The molecule has 0 saturated heterocycles. The smallest absolute Gasteiger partial charge is 0.416 e. The van der Waals surface area contributed by atoms with Crippen LogP contribution in [0.5, 0.6) is 0 Å². The second-order valence-corrected chi connectivity index (χ2v) is 3.53. The van der Waals surface area contributed by atoms with E-state index in [0.29, 0.717) is 0 Å². The summed E-state index contributed by atoms with van der Waals surface area (Å²) in [6, 6.07) is 0.190. The number of aromatic nitrogens is 1. The van der Waals surface area contributed by atoms with Crippen LogP contribution in [0.25, 0.3) is 0 Å². The minimum absolute atomic E-state index is 0.190. The van der Waals surface area contributed by atoms with Gasteiger partial charge in [-0.05, 0) is 18.6 Å². The Balaban J connectivity index is 3.45. The highest BCUT2D eigenvalue weighted by atomic mass is 19.4. The SMILES string of the molecule is Cc1nc(C(F)F)cc(C(F)(F)F)c1CC(=O)O. The lowest BCUT2D eigenvalue weighted by atomic mass is 10.0. The highest BCUT2D eigenvalue weighted by molar-refractivity contribution is 5.71. The average molecular weight is 269 g/mol. The molecule has 0 fully saturated rings. The van der Waals surface area contributed by atoms with Crippen molar-refractivity contribution in [2.24, 2.45) is 0 Å². The van der Waals surface area contributed by atoms with Crippen molar-refractivity contribution in [3.63, 3.8) is 0 Å². The molecule has 3 nitrogen and oxygen atoms in total. The summed E-state index contributed by atoms with van der Waals surface area (Å²) >= 11 is 0. The summed E-state index contributed by atoms with van der Waals surface area (Å²) in [5, 5.41) is 8.52. The number of carboxylic acid groups (broad SMARTS) is 1. The molecule has 1 aromatic heterocycles. The van der Waals surface area contributed by atoms with E-state index in [1.165, 1.54) is 0 Å². The van der Waals surface area contributed by atoms with Crippen LogP contribution < -0.4 is 0 Å². The maximum atomic E-state index is 12.7. The van der Waals surface area contributed by atoms with Crippen molar-refractivity contribution in [1.82, 2.24) is 4.98 Å². The van der Waals surface area contributed by atoms with Gasteiger partial charge in [-0.2, -0.15) is 13.2 Å². The molecule has 0 aliphatic carbocycles. The monoisotopic (exact) mass is 269 g/mol. The minimum Gasteiger partial charge on any atom is -0.481 e. The lowest BCUT2D eigenvalue weighted by molar-refractivity contribution is -0.139. The molecule has 0 bridgehead atoms. The van der Waals surface area contributed by atoms with Crippen molar-refractivity contribution in [2.45, 2.75) is 25.9 Å². The second kappa shape index (κ2) is 4.87. The van der Waals surface area contributed by atoms with Crippen LogP contribution in [0.4, 0.5) is 22.0 Å². The van der Waals surface area contributed by atoms with Crippen molar-refractivity contribution in [3.8, 4) is 0 Å². The zero-order valence-corrected chi connectivity index (χ0v) is 9.05. The standard InChI is InChI=1S/C10H8F5NO2/c1-4-5(2-8(17)18)6(10(13,14)15)3-7(16-4)9(11)12/h3,9H,2H2,1H3,(H,17,18). The van der Waals surface area contributed by atoms with E-state index in [1.807, 2.05) is 0 Å². The van der Waals surface area contributed by atoms with Crippen molar-refractivity contribution in [3.05, 3.63) is 28.6 Å². The van der Waals surface area contributed by atoms with E-state index in [1.54, 1.807) is 0 Å². The predicted octanol–water partition coefficient (Wildman–Crippen LogP) is 2.97. The van der Waals surface area contributed by atoms with E-state index in [4.69, 9.17) is 5.11 Å². The van der Waals surface area contributed by atoms with Gasteiger partial charge < -0.3 is 5.11 Å². The van der Waals surface area contributed by atoms with Crippen LogP contribution in [-0.2, 0) is 17.4 Å². The molecule has 8 heteroatoms. The summed E-state index contributed by atoms with van der Waals surface area (Å²) in [5.74, 6) is -1.49. The molecule has 0 aliphatic rings. The molecule has 0 aromatic carbocycles. The number of nitrogens with zero attached hydrogens (tertiary/aromatic N) is 1. The van der Waals surface area contributed by atoms with Gasteiger partial charge in [0.15, 0.2) is 0 Å². The van der Waals surface area contributed by atoms with Gasteiger partial charge in [0, 0.05) is 5.69 Å². The van der Waals surface area contributed by atoms with Gasteiger partial charge in [-0.1, -0.05) is 0 Å². The van der Waals surface area contributed by atoms with Crippen molar-refractivity contribution in [1.29, 1.82) is 0 Å². The third kappa shape index (κ3) is 3.14. The van der Waals surface area contributed by atoms with Gasteiger partial charge in [0.25, 0.3) is 6.43 Å². The first kappa shape index (κ1) is 14.3. The van der Waals surface area contributed by atoms with Crippen LogP contribution in [0.15, 0.2) is 6.07 Å². The minimum atomic E-state index is -4.90. The third-order valence-corrected chi connectivity index (χ3v) is 2.21. The average Bonchev–Trinajstić information content (AvgIpc) is 2.17. The first-order chi connectivity index (χ1) is 8.12. The Hall–Kier alpha value is -1.73. The maximum Gasteiger partial charge on any atom is 0.416 e. The number of aryl methyl sites for hydroxylation is 1. The Morgan fingerprint density at radius 3 is 2.39 bits per heavy atom. The number of alkyl halides is 5. The molecule has 0 saturated carbocycles. The molecule has 1 N–H and O–H groups in total. The van der Waals surface area contributed by atoms with Crippen LogP contribution in [0.2, 0.25) is 0 Å². The molecule has 0 radical (unpaired) electrons. The van der Waals surface area contributed by atoms with E-state index in [9.17, 15) is 26.7 Å². The number of aliphatic carboxylic acids is 1. The first-order valence-electron chi connectivity index (χ1n) is 4.70. The molecule has 1 rings (SSSR count). The molecule has 0 unspecified atom stereocenters. The lowest BCUT2D eigenvalue weighted by Gasteiger charge is -2.15. The Morgan fingerprint density at radius 2 is 2.00 bits per heavy atom. The van der Waals surface area contributed by atoms with Gasteiger partial charge in [0.05, 0.1) is 12.0 Å². The third-order valence-electron chi connectivity index (χ3n) is 2.21. The number of rotatable bonds is 3. The molecule has 0 amide bonds.